The van der Waals surface area contributed by atoms with E-state index in [0.717, 1.165) is 18.8 Å². The number of nitrogens with one attached hydrogen (secondary N) is 1. The molecule has 0 spiro atoms. The van der Waals surface area contributed by atoms with Gasteiger partial charge in [0.1, 0.15) is 0 Å². The van der Waals surface area contributed by atoms with Crippen LogP contribution in [0.3, 0.4) is 0 Å². The first-order valence-electron chi connectivity index (χ1n) is 6.92. The summed E-state index contributed by atoms with van der Waals surface area (Å²) in [4.78, 5) is 12.2. The number of hydrogen-bond donors (Lipinski definition) is 2. The number of amides is 1. The normalized spacial score (nSPS) is 23.7. The maximum absolute atomic E-state index is 12.2. The standard InChI is InChI=1S/C15H21ClN2O/c1-10-3-2-4-12(7-5-10)18-15(19)13-8-6-11(16)9-14(13)17/h6,8-10,12H,2-5,7,17H2,1H3,(H,18,19). The van der Waals surface area contributed by atoms with Crippen molar-refractivity contribution in [3.8, 4) is 0 Å². The summed E-state index contributed by atoms with van der Waals surface area (Å²) in [6.45, 7) is 2.28. The second kappa shape index (κ2) is 6.29. The van der Waals surface area contributed by atoms with Crippen LogP contribution in [0.4, 0.5) is 5.69 Å². The zero-order valence-electron chi connectivity index (χ0n) is 11.3. The molecular formula is C15H21ClN2O. The van der Waals surface area contributed by atoms with Gasteiger partial charge in [-0.2, -0.15) is 0 Å². The number of carbonyl (C=O) groups is 1. The fourth-order valence-electron chi connectivity index (χ4n) is 2.63. The summed E-state index contributed by atoms with van der Waals surface area (Å²) in [5.41, 5.74) is 6.79. The number of rotatable bonds is 2. The van der Waals surface area contributed by atoms with Crippen molar-refractivity contribution in [3.05, 3.63) is 28.8 Å². The fourth-order valence-corrected chi connectivity index (χ4v) is 2.82. The Bertz CT molecular complexity index is 461. The molecule has 2 unspecified atom stereocenters. The van der Waals surface area contributed by atoms with E-state index in [-0.39, 0.29) is 11.9 Å². The minimum absolute atomic E-state index is 0.0891. The van der Waals surface area contributed by atoms with Gasteiger partial charge in [0.05, 0.1) is 5.56 Å². The number of nitrogens with two attached hydrogens (primary N) is 1. The van der Waals surface area contributed by atoms with Crippen molar-refractivity contribution in [1.29, 1.82) is 0 Å². The molecular weight excluding hydrogens is 260 g/mol. The molecule has 2 rings (SSSR count). The molecule has 0 aliphatic heterocycles. The lowest BCUT2D eigenvalue weighted by molar-refractivity contribution is 0.0934. The number of carbonyl (C=O) groups excluding carboxylic acids is 1. The van der Waals surface area contributed by atoms with E-state index in [2.05, 4.69) is 12.2 Å². The molecule has 1 aliphatic rings. The lowest BCUT2D eigenvalue weighted by atomic mass is 10.0. The van der Waals surface area contributed by atoms with Crippen molar-refractivity contribution in [2.24, 2.45) is 5.92 Å². The van der Waals surface area contributed by atoms with Gasteiger partial charge in [-0.1, -0.05) is 31.4 Å². The van der Waals surface area contributed by atoms with E-state index in [1.165, 1.54) is 19.3 Å². The second-order valence-corrected chi connectivity index (χ2v) is 5.95. The summed E-state index contributed by atoms with van der Waals surface area (Å²) in [6.07, 6.45) is 5.74. The van der Waals surface area contributed by atoms with Crippen LogP contribution in [0.25, 0.3) is 0 Å². The van der Waals surface area contributed by atoms with Crippen LogP contribution in [0.5, 0.6) is 0 Å². The van der Waals surface area contributed by atoms with Gasteiger partial charge >= 0.3 is 0 Å². The minimum Gasteiger partial charge on any atom is -0.398 e. The van der Waals surface area contributed by atoms with E-state index < -0.39 is 0 Å². The Morgan fingerprint density at radius 2 is 2.11 bits per heavy atom. The van der Waals surface area contributed by atoms with Crippen molar-refractivity contribution >= 4 is 23.2 Å². The summed E-state index contributed by atoms with van der Waals surface area (Å²) in [7, 11) is 0. The number of hydrogen-bond acceptors (Lipinski definition) is 2. The molecule has 1 amide bonds. The molecule has 0 heterocycles. The Morgan fingerprint density at radius 1 is 1.32 bits per heavy atom. The molecule has 3 N–H and O–H groups in total. The van der Waals surface area contributed by atoms with Crippen LogP contribution in [0.2, 0.25) is 5.02 Å². The number of nitrogen functional groups attached to an aromatic ring is 1. The summed E-state index contributed by atoms with van der Waals surface area (Å²) in [5, 5.41) is 3.65. The van der Waals surface area contributed by atoms with Gasteiger partial charge in [0.25, 0.3) is 5.91 Å². The van der Waals surface area contributed by atoms with Crippen molar-refractivity contribution in [2.45, 2.75) is 45.1 Å². The van der Waals surface area contributed by atoms with Gasteiger partial charge in [-0.15, -0.1) is 0 Å². The van der Waals surface area contributed by atoms with Gasteiger partial charge in [-0.05, 0) is 43.4 Å². The molecule has 3 nitrogen and oxygen atoms in total. The highest BCUT2D eigenvalue weighted by Crippen LogP contribution is 2.23. The molecule has 104 valence electrons. The smallest absolute Gasteiger partial charge is 0.253 e. The maximum Gasteiger partial charge on any atom is 0.253 e. The van der Waals surface area contributed by atoms with Crippen LogP contribution in [-0.2, 0) is 0 Å². The first kappa shape index (κ1) is 14.2. The monoisotopic (exact) mass is 280 g/mol. The van der Waals surface area contributed by atoms with Crippen LogP contribution < -0.4 is 11.1 Å². The van der Waals surface area contributed by atoms with Gasteiger partial charge < -0.3 is 11.1 Å². The SMILES string of the molecule is CC1CCCC(NC(=O)c2ccc(Cl)cc2N)CC1. The summed E-state index contributed by atoms with van der Waals surface area (Å²) < 4.78 is 0. The van der Waals surface area contributed by atoms with Crippen LogP contribution in [0.1, 0.15) is 49.4 Å². The van der Waals surface area contributed by atoms with Crippen molar-refractivity contribution in [3.63, 3.8) is 0 Å². The lowest BCUT2D eigenvalue weighted by Crippen LogP contribution is -2.34. The average Bonchev–Trinajstić information content (AvgIpc) is 2.54. The molecule has 1 aromatic rings. The quantitative estimate of drug-likeness (QED) is 0.642. The number of halogens is 1. The topological polar surface area (TPSA) is 55.1 Å². The molecule has 0 radical (unpaired) electrons. The third-order valence-corrected chi connectivity index (χ3v) is 4.09. The number of anilines is 1. The summed E-state index contributed by atoms with van der Waals surface area (Å²) in [6, 6.07) is 5.27. The van der Waals surface area contributed by atoms with Gasteiger partial charge in [-0.3, -0.25) is 4.79 Å². The van der Waals surface area contributed by atoms with E-state index >= 15 is 0 Å². The Balaban J connectivity index is 2.00. The van der Waals surface area contributed by atoms with E-state index in [0.29, 0.717) is 16.3 Å². The van der Waals surface area contributed by atoms with Gasteiger partial charge in [-0.25, -0.2) is 0 Å². The maximum atomic E-state index is 12.2. The van der Waals surface area contributed by atoms with Gasteiger partial charge in [0, 0.05) is 16.8 Å². The predicted molar refractivity (Wildman–Crippen MR) is 79.4 cm³/mol. The van der Waals surface area contributed by atoms with Gasteiger partial charge in [0.15, 0.2) is 0 Å². The fraction of sp³-hybridized carbons (Fsp3) is 0.533. The molecule has 2 atom stereocenters. The largest absolute Gasteiger partial charge is 0.398 e. The highest BCUT2D eigenvalue weighted by Gasteiger charge is 2.19. The van der Waals surface area contributed by atoms with E-state index in [4.69, 9.17) is 17.3 Å². The Kier molecular flexibility index (Phi) is 4.70. The minimum atomic E-state index is -0.0891. The molecule has 0 aromatic heterocycles. The molecule has 1 saturated carbocycles. The Hall–Kier alpha value is -1.22. The lowest BCUT2D eigenvalue weighted by Gasteiger charge is -2.17. The van der Waals surface area contributed by atoms with Crippen LogP contribution in [0.15, 0.2) is 18.2 Å². The van der Waals surface area contributed by atoms with Crippen LogP contribution in [-0.4, -0.2) is 11.9 Å². The molecule has 19 heavy (non-hydrogen) atoms. The molecule has 1 aromatic carbocycles. The van der Waals surface area contributed by atoms with E-state index in [1.54, 1.807) is 18.2 Å². The van der Waals surface area contributed by atoms with Crippen molar-refractivity contribution < 1.29 is 4.79 Å². The van der Waals surface area contributed by atoms with E-state index in [1.807, 2.05) is 0 Å². The summed E-state index contributed by atoms with van der Waals surface area (Å²) in [5.74, 6) is 0.677. The van der Waals surface area contributed by atoms with Crippen molar-refractivity contribution in [1.82, 2.24) is 5.32 Å². The molecule has 0 bridgehead atoms. The Labute approximate surface area is 119 Å². The Morgan fingerprint density at radius 3 is 2.84 bits per heavy atom. The second-order valence-electron chi connectivity index (χ2n) is 5.52. The first-order chi connectivity index (χ1) is 9.06. The highest BCUT2D eigenvalue weighted by molar-refractivity contribution is 6.31. The van der Waals surface area contributed by atoms with E-state index in [9.17, 15) is 4.79 Å². The summed E-state index contributed by atoms with van der Waals surface area (Å²) >= 11 is 5.84. The molecule has 0 saturated heterocycles. The van der Waals surface area contributed by atoms with Gasteiger partial charge in [0.2, 0.25) is 0 Å². The predicted octanol–water partition coefficient (Wildman–Crippen LogP) is 3.62. The third kappa shape index (κ3) is 3.87. The molecule has 1 aliphatic carbocycles. The first-order valence-corrected chi connectivity index (χ1v) is 7.30. The highest BCUT2D eigenvalue weighted by atomic mass is 35.5. The molecule has 4 heteroatoms. The van der Waals surface area contributed by atoms with Crippen LogP contribution in [0, 0.1) is 5.92 Å². The zero-order chi connectivity index (χ0) is 13.8. The third-order valence-electron chi connectivity index (χ3n) is 3.85. The van der Waals surface area contributed by atoms with Crippen LogP contribution >= 0.6 is 11.6 Å². The number of benzene rings is 1. The average molecular weight is 281 g/mol. The molecule has 1 fully saturated rings. The zero-order valence-corrected chi connectivity index (χ0v) is 12.0. The van der Waals surface area contributed by atoms with Crippen molar-refractivity contribution in [2.75, 3.05) is 5.73 Å².